The lowest BCUT2D eigenvalue weighted by Crippen LogP contribution is -2.17. The van der Waals surface area contributed by atoms with E-state index in [2.05, 4.69) is 11.4 Å². The lowest BCUT2D eigenvalue weighted by molar-refractivity contribution is 0.102. The molecule has 8 heteroatoms. The smallest absolute Gasteiger partial charge is 0.257 e. The molecule has 0 bridgehead atoms. The van der Waals surface area contributed by atoms with Crippen LogP contribution in [-0.2, 0) is 22.7 Å². The van der Waals surface area contributed by atoms with Gasteiger partial charge in [-0.15, -0.1) is 22.7 Å². The molecule has 0 saturated carbocycles. The summed E-state index contributed by atoms with van der Waals surface area (Å²) < 4.78 is 26.2. The Morgan fingerprint density at radius 2 is 1.78 bits per heavy atom. The molecule has 0 saturated heterocycles. The van der Waals surface area contributed by atoms with Crippen LogP contribution in [0.1, 0.15) is 40.6 Å². The standard InChI is InChI=1S/C24H22N2O3S3/c1-2-32(28,29)20-14-8-4-10-16(20)22(27)26-24-21(15-9-3-6-12-18(15)30-24)23-25-17-11-5-7-13-19(17)31-23/h4-5,7-8,10-11,13-14H,2-3,6,9,12H2,1H3,(H,26,27). The molecule has 2 heterocycles. The van der Waals surface area contributed by atoms with E-state index in [1.54, 1.807) is 47.8 Å². The molecule has 0 atom stereocenters. The van der Waals surface area contributed by atoms with Crippen molar-refractivity contribution >= 4 is 53.6 Å². The van der Waals surface area contributed by atoms with Crippen molar-refractivity contribution in [3.8, 4) is 10.6 Å². The Hall–Kier alpha value is -2.55. The number of anilines is 1. The number of nitrogens with zero attached hydrogens (tertiary/aromatic N) is 1. The van der Waals surface area contributed by atoms with E-state index in [4.69, 9.17) is 4.98 Å². The molecule has 5 nitrogen and oxygen atoms in total. The second-order valence-electron chi connectivity index (χ2n) is 7.76. The molecule has 4 aromatic rings. The Morgan fingerprint density at radius 3 is 2.59 bits per heavy atom. The monoisotopic (exact) mass is 482 g/mol. The number of hydrogen-bond acceptors (Lipinski definition) is 6. The lowest BCUT2D eigenvalue weighted by atomic mass is 9.95. The number of rotatable bonds is 5. The molecule has 2 aromatic heterocycles. The van der Waals surface area contributed by atoms with Gasteiger partial charge in [-0.25, -0.2) is 13.4 Å². The highest BCUT2D eigenvalue weighted by Gasteiger charge is 2.27. The number of amides is 1. The molecule has 164 valence electrons. The molecule has 0 unspecified atom stereocenters. The van der Waals surface area contributed by atoms with Gasteiger partial charge in [0.15, 0.2) is 9.84 Å². The van der Waals surface area contributed by atoms with Gasteiger partial charge in [0, 0.05) is 10.4 Å². The van der Waals surface area contributed by atoms with Crippen molar-refractivity contribution in [3.05, 3.63) is 64.5 Å². The van der Waals surface area contributed by atoms with Crippen molar-refractivity contribution in [2.75, 3.05) is 11.1 Å². The van der Waals surface area contributed by atoms with Gasteiger partial charge < -0.3 is 5.32 Å². The fraction of sp³-hybridized carbons (Fsp3) is 0.250. The zero-order valence-corrected chi connectivity index (χ0v) is 20.0. The van der Waals surface area contributed by atoms with Crippen molar-refractivity contribution < 1.29 is 13.2 Å². The van der Waals surface area contributed by atoms with Gasteiger partial charge in [-0.2, -0.15) is 0 Å². The number of aryl methyl sites for hydroxylation is 1. The van der Waals surface area contributed by atoms with Crippen molar-refractivity contribution in [2.24, 2.45) is 0 Å². The minimum Gasteiger partial charge on any atom is -0.313 e. The Balaban J connectivity index is 1.60. The highest BCUT2D eigenvalue weighted by molar-refractivity contribution is 7.91. The summed E-state index contributed by atoms with van der Waals surface area (Å²) in [4.78, 5) is 19.5. The fourth-order valence-electron chi connectivity index (χ4n) is 4.11. The predicted octanol–water partition coefficient (Wildman–Crippen LogP) is 5.95. The summed E-state index contributed by atoms with van der Waals surface area (Å²) in [5, 5.41) is 4.70. The first-order chi connectivity index (χ1) is 15.5. The maximum Gasteiger partial charge on any atom is 0.257 e. The molecule has 1 aliphatic carbocycles. The topological polar surface area (TPSA) is 76.1 Å². The number of fused-ring (bicyclic) bond motifs is 2. The Morgan fingerprint density at radius 1 is 1.03 bits per heavy atom. The number of nitrogens with one attached hydrogen (secondary N) is 1. The van der Waals surface area contributed by atoms with E-state index in [1.165, 1.54) is 16.5 Å². The van der Waals surface area contributed by atoms with Crippen LogP contribution in [0.4, 0.5) is 5.00 Å². The molecule has 0 spiro atoms. The van der Waals surface area contributed by atoms with Crippen LogP contribution in [0.25, 0.3) is 20.8 Å². The molecular weight excluding hydrogens is 460 g/mol. The largest absolute Gasteiger partial charge is 0.313 e. The van der Waals surface area contributed by atoms with Crippen LogP contribution in [0.2, 0.25) is 0 Å². The number of aromatic nitrogens is 1. The van der Waals surface area contributed by atoms with E-state index in [1.807, 2.05) is 18.2 Å². The molecule has 0 fully saturated rings. The Labute approximate surface area is 195 Å². The van der Waals surface area contributed by atoms with Crippen LogP contribution in [0.15, 0.2) is 53.4 Å². The molecule has 0 aliphatic heterocycles. The van der Waals surface area contributed by atoms with E-state index in [0.29, 0.717) is 0 Å². The number of thiazole rings is 1. The number of hydrogen-bond donors (Lipinski definition) is 1. The van der Waals surface area contributed by atoms with Gasteiger partial charge >= 0.3 is 0 Å². The number of benzene rings is 2. The maximum atomic E-state index is 13.3. The van der Waals surface area contributed by atoms with E-state index < -0.39 is 15.7 Å². The average molecular weight is 483 g/mol. The van der Waals surface area contributed by atoms with Gasteiger partial charge in [0.25, 0.3) is 5.91 Å². The highest BCUT2D eigenvalue weighted by Crippen LogP contribution is 2.46. The second-order valence-corrected chi connectivity index (χ2v) is 12.1. The summed E-state index contributed by atoms with van der Waals surface area (Å²) >= 11 is 3.22. The number of carbonyl (C=O) groups is 1. The molecule has 1 aliphatic rings. The van der Waals surface area contributed by atoms with Gasteiger partial charge in [-0.3, -0.25) is 4.79 Å². The molecule has 2 aromatic carbocycles. The predicted molar refractivity (Wildman–Crippen MR) is 132 cm³/mol. The van der Waals surface area contributed by atoms with Gasteiger partial charge in [-0.1, -0.05) is 31.2 Å². The third kappa shape index (κ3) is 3.76. The van der Waals surface area contributed by atoms with E-state index in [9.17, 15) is 13.2 Å². The minimum absolute atomic E-state index is 0.0540. The van der Waals surface area contributed by atoms with Gasteiger partial charge in [0.05, 0.1) is 26.4 Å². The van der Waals surface area contributed by atoms with Gasteiger partial charge in [0.2, 0.25) is 0 Å². The van der Waals surface area contributed by atoms with Crippen LogP contribution in [0, 0.1) is 0 Å². The molecule has 1 N–H and O–H groups in total. The number of para-hydroxylation sites is 1. The third-order valence-electron chi connectivity index (χ3n) is 5.75. The Bertz CT molecular complexity index is 1400. The van der Waals surface area contributed by atoms with Crippen molar-refractivity contribution in [2.45, 2.75) is 37.5 Å². The van der Waals surface area contributed by atoms with Crippen LogP contribution in [0.5, 0.6) is 0 Å². The van der Waals surface area contributed by atoms with Gasteiger partial charge in [-0.05, 0) is 55.5 Å². The summed E-state index contributed by atoms with van der Waals surface area (Å²) in [6.45, 7) is 1.59. The van der Waals surface area contributed by atoms with Crippen molar-refractivity contribution in [3.63, 3.8) is 0 Å². The van der Waals surface area contributed by atoms with Crippen LogP contribution in [0.3, 0.4) is 0 Å². The maximum absolute atomic E-state index is 13.3. The summed E-state index contributed by atoms with van der Waals surface area (Å²) in [5.41, 5.74) is 3.39. The summed E-state index contributed by atoms with van der Waals surface area (Å²) in [5.74, 6) is -0.458. The Kier molecular flexibility index (Phi) is 5.61. The van der Waals surface area contributed by atoms with Crippen LogP contribution >= 0.6 is 22.7 Å². The summed E-state index contributed by atoms with van der Waals surface area (Å²) in [6, 6.07) is 14.4. The second kappa shape index (κ2) is 8.42. The minimum atomic E-state index is -3.52. The quantitative estimate of drug-likeness (QED) is 0.381. The normalized spacial score (nSPS) is 13.8. The van der Waals surface area contributed by atoms with E-state index in [0.717, 1.165) is 51.5 Å². The summed E-state index contributed by atoms with van der Waals surface area (Å²) in [6.07, 6.45) is 4.21. The first-order valence-electron chi connectivity index (χ1n) is 10.6. The first-order valence-corrected chi connectivity index (χ1v) is 13.9. The molecule has 32 heavy (non-hydrogen) atoms. The zero-order chi connectivity index (χ0) is 22.3. The first kappa shape index (κ1) is 21.3. The van der Waals surface area contributed by atoms with Gasteiger partial charge in [0.1, 0.15) is 10.0 Å². The number of sulfone groups is 1. The highest BCUT2D eigenvalue weighted by atomic mass is 32.2. The molecular formula is C24H22N2O3S3. The van der Waals surface area contributed by atoms with Crippen LogP contribution < -0.4 is 5.32 Å². The number of carbonyl (C=O) groups excluding carboxylic acids is 1. The van der Waals surface area contributed by atoms with Crippen molar-refractivity contribution in [1.29, 1.82) is 0 Å². The SMILES string of the molecule is CCS(=O)(=O)c1ccccc1C(=O)Nc1sc2c(c1-c1nc3ccccc3s1)CCCC2. The number of thiophene rings is 1. The molecule has 1 amide bonds. The van der Waals surface area contributed by atoms with Crippen LogP contribution in [-0.4, -0.2) is 25.1 Å². The average Bonchev–Trinajstić information content (AvgIpc) is 3.39. The zero-order valence-electron chi connectivity index (χ0n) is 17.6. The summed E-state index contributed by atoms with van der Waals surface area (Å²) in [7, 11) is -3.52. The third-order valence-corrected chi connectivity index (χ3v) is 9.80. The lowest BCUT2D eigenvalue weighted by Gasteiger charge is -2.12. The van der Waals surface area contributed by atoms with Crippen molar-refractivity contribution in [1.82, 2.24) is 4.98 Å². The molecule has 0 radical (unpaired) electrons. The molecule has 5 rings (SSSR count). The van der Waals surface area contributed by atoms with E-state index >= 15 is 0 Å². The van der Waals surface area contributed by atoms with E-state index in [-0.39, 0.29) is 16.2 Å². The fourth-order valence-corrected chi connectivity index (χ4v) is 7.60.